The SMILES string of the molecule is CC#COC1=CC([N+](=O)[O-])C(O)(/C=C/C(=O)c2ccccc2)C=C1. The Hall–Kier alpha value is -3.17. The Kier molecular flexibility index (Phi) is 5.30. The van der Waals surface area contributed by atoms with Crippen molar-refractivity contribution in [3.05, 3.63) is 82.1 Å². The molecule has 2 rings (SSSR count). The Labute approximate surface area is 138 Å². The molecule has 1 aliphatic rings. The number of ketones is 1. The lowest BCUT2D eigenvalue weighted by molar-refractivity contribution is -0.525. The van der Waals surface area contributed by atoms with Crippen molar-refractivity contribution in [3.8, 4) is 12.0 Å². The van der Waals surface area contributed by atoms with Crippen LogP contribution in [0.1, 0.15) is 17.3 Å². The quantitative estimate of drug-likeness (QED) is 0.295. The van der Waals surface area contributed by atoms with Gasteiger partial charge in [0, 0.05) is 23.5 Å². The molecule has 0 bridgehead atoms. The first-order chi connectivity index (χ1) is 11.5. The molecule has 0 radical (unpaired) electrons. The van der Waals surface area contributed by atoms with Gasteiger partial charge in [0.15, 0.2) is 11.4 Å². The van der Waals surface area contributed by atoms with E-state index in [0.29, 0.717) is 5.56 Å². The molecule has 0 spiro atoms. The number of allylic oxidation sites excluding steroid dienone is 2. The zero-order valence-corrected chi connectivity index (χ0v) is 12.9. The summed E-state index contributed by atoms with van der Waals surface area (Å²) in [6.07, 6.45) is 8.31. The normalized spacial score (nSPS) is 22.4. The molecule has 6 nitrogen and oxygen atoms in total. The van der Waals surface area contributed by atoms with Gasteiger partial charge >= 0.3 is 0 Å². The van der Waals surface area contributed by atoms with Crippen LogP contribution in [0, 0.1) is 22.1 Å². The van der Waals surface area contributed by atoms with E-state index in [1.54, 1.807) is 37.3 Å². The van der Waals surface area contributed by atoms with Crippen LogP contribution in [0.4, 0.5) is 0 Å². The third-order valence-electron chi connectivity index (χ3n) is 3.37. The molecule has 1 aromatic rings. The number of rotatable bonds is 5. The lowest BCUT2D eigenvalue weighted by Gasteiger charge is -2.25. The van der Waals surface area contributed by atoms with Crippen LogP contribution in [0.3, 0.4) is 0 Å². The first-order valence-corrected chi connectivity index (χ1v) is 7.10. The predicted molar refractivity (Wildman–Crippen MR) is 87.4 cm³/mol. The van der Waals surface area contributed by atoms with Gasteiger partial charge in [0.25, 0.3) is 6.04 Å². The average molecular weight is 325 g/mol. The number of hydrogen-bond donors (Lipinski definition) is 1. The molecule has 0 fully saturated rings. The van der Waals surface area contributed by atoms with Crippen LogP contribution in [-0.2, 0) is 4.74 Å². The summed E-state index contributed by atoms with van der Waals surface area (Å²) < 4.78 is 5.01. The van der Waals surface area contributed by atoms with E-state index in [9.17, 15) is 20.0 Å². The first-order valence-electron chi connectivity index (χ1n) is 7.10. The smallest absolute Gasteiger partial charge is 0.270 e. The number of aliphatic hydroxyl groups is 1. The predicted octanol–water partition coefficient (Wildman–Crippen LogP) is 2.25. The molecule has 0 aromatic heterocycles. The van der Waals surface area contributed by atoms with E-state index >= 15 is 0 Å². The molecule has 2 unspecified atom stereocenters. The molecule has 0 aliphatic heterocycles. The van der Waals surface area contributed by atoms with E-state index in [-0.39, 0.29) is 11.5 Å². The van der Waals surface area contributed by atoms with Crippen molar-refractivity contribution < 1.29 is 19.6 Å². The maximum atomic E-state index is 12.1. The molecule has 24 heavy (non-hydrogen) atoms. The number of benzene rings is 1. The van der Waals surface area contributed by atoms with Gasteiger partial charge in [-0.15, -0.1) is 0 Å². The highest BCUT2D eigenvalue weighted by atomic mass is 16.6. The highest BCUT2D eigenvalue weighted by Crippen LogP contribution is 2.26. The van der Waals surface area contributed by atoms with E-state index in [1.807, 2.05) is 0 Å². The molecule has 122 valence electrons. The average Bonchev–Trinajstić information content (AvgIpc) is 2.59. The van der Waals surface area contributed by atoms with Gasteiger partial charge in [-0.3, -0.25) is 14.9 Å². The minimum absolute atomic E-state index is 0.165. The van der Waals surface area contributed by atoms with Crippen molar-refractivity contribution in [3.63, 3.8) is 0 Å². The fourth-order valence-corrected chi connectivity index (χ4v) is 2.13. The zero-order chi connectivity index (χ0) is 17.6. The van der Waals surface area contributed by atoms with Crippen LogP contribution in [0.2, 0.25) is 0 Å². The summed E-state index contributed by atoms with van der Waals surface area (Å²) in [4.78, 5) is 22.7. The number of nitro groups is 1. The van der Waals surface area contributed by atoms with Crippen LogP contribution in [0.25, 0.3) is 0 Å². The van der Waals surface area contributed by atoms with Gasteiger partial charge in [-0.05, 0) is 24.3 Å². The van der Waals surface area contributed by atoms with Gasteiger partial charge < -0.3 is 9.84 Å². The molecule has 0 saturated heterocycles. The maximum Gasteiger partial charge on any atom is 0.270 e. The highest BCUT2D eigenvalue weighted by molar-refractivity contribution is 6.04. The summed E-state index contributed by atoms with van der Waals surface area (Å²) in [6, 6.07) is 6.93. The van der Waals surface area contributed by atoms with Crippen LogP contribution in [0.5, 0.6) is 0 Å². The summed E-state index contributed by atoms with van der Waals surface area (Å²) in [5, 5.41) is 21.8. The molecule has 1 N–H and O–H groups in total. The molecule has 0 saturated carbocycles. The van der Waals surface area contributed by atoms with Crippen LogP contribution in [0.15, 0.2) is 66.5 Å². The van der Waals surface area contributed by atoms with Crippen LogP contribution in [-0.4, -0.2) is 27.5 Å². The fraction of sp³-hybridized carbons (Fsp3) is 0.167. The van der Waals surface area contributed by atoms with Crippen molar-refractivity contribution in [2.75, 3.05) is 0 Å². The Balaban J connectivity index is 2.24. The molecule has 1 aliphatic carbocycles. The molecular formula is C18H15NO5. The van der Waals surface area contributed by atoms with E-state index in [2.05, 4.69) is 12.0 Å². The van der Waals surface area contributed by atoms with Gasteiger partial charge in [-0.25, -0.2) is 0 Å². The van der Waals surface area contributed by atoms with E-state index in [1.165, 1.54) is 12.2 Å². The van der Waals surface area contributed by atoms with Gasteiger partial charge in [0.2, 0.25) is 0 Å². The van der Waals surface area contributed by atoms with Gasteiger partial charge in [-0.1, -0.05) is 36.3 Å². The van der Waals surface area contributed by atoms with Gasteiger partial charge in [0.1, 0.15) is 11.9 Å². The Morgan fingerprint density at radius 1 is 1.42 bits per heavy atom. The second-order valence-electron chi connectivity index (χ2n) is 5.04. The second kappa shape index (κ2) is 7.40. The molecule has 1 aromatic carbocycles. The Morgan fingerprint density at radius 2 is 2.12 bits per heavy atom. The largest absolute Gasteiger partial charge is 0.408 e. The molecule has 0 amide bonds. The number of ether oxygens (including phenoxy) is 1. The van der Waals surface area contributed by atoms with Crippen molar-refractivity contribution >= 4 is 5.78 Å². The highest BCUT2D eigenvalue weighted by Gasteiger charge is 2.42. The van der Waals surface area contributed by atoms with Crippen molar-refractivity contribution in [2.45, 2.75) is 18.6 Å². The third-order valence-corrected chi connectivity index (χ3v) is 3.37. The zero-order valence-electron chi connectivity index (χ0n) is 12.9. The number of hydrogen-bond acceptors (Lipinski definition) is 5. The summed E-state index contributed by atoms with van der Waals surface area (Å²) in [7, 11) is 0. The lowest BCUT2D eigenvalue weighted by atomic mass is 9.88. The monoisotopic (exact) mass is 325 g/mol. The Bertz CT molecular complexity index is 783. The van der Waals surface area contributed by atoms with Crippen LogP contribution < -0.4 is 0 Å². The molecule has 6 heteroatoms. The minimum Gasteiger partial charge on any atom is -0.408 e. The lowest BCUT2D eigenvalue weighted by Crippen LogP contribution is -2.44. The van der Waals surface area contributed by atoms with E-state index in [4.69, 9.17) is 4.74 Å². The summed E-state index contributed by atoms with van der Waals surface area (Å²) in [5.74, 6) is 2.31. The molecule has 2 atom stereocenters. The minimum atomic E-state index is -1.93. The molecule has 0 heterocycles. The van der Waals surface area contributed by atoms with Crippen molar-refractivity contribution in [1.82, 2.24) is 0 Å². The fourth-order valence-electron chi connectivity index (χ4n) is 2.13. The summed E-state index contributed by atoms with van der Waals surface area (Å²) >= 11 is 0. The van der Waals surface area contributed by atoms with Crippen molar-refractivity contribution in [1.29, 1.82) is 0 Å². The second-order valence-corrected chi connectivity index (χ2v) is 5.04. The number of nitrogens with zero attached hydrogens (tertiary/aromatic N) is 1. The van der Waals surface area contributed by atoms with Crippen LogP contribution >= 0.6 is 0 Å². The first kappa shape index (κ1) is 17.2. The maximum absolute atomic E-state index is 12.1. The topological polar surface area (TPSA) is 89.7 Å². The summed E-state index contributed by atoms with van der Waals surface area (Å²) in [6.45, 7) is 1.56. The number of carbonyl (C=O) groups excluding carboxylic acids is 1. The van der Waals surface area contributed by atoms with Gasteiger partial charge in [-0.2, -0.15) is 0 Å². The van der Waals surface area contributed by atoms with Gasteiger partial charge in [0.05, 0.1) is 0 Å². The van der Waals surface area contributed by atoms with Crippen molar-refractivity contribution in [2.24, 2.45) is 0 Å². The van der Waals surface area contributed by atoms with E-state index in [0.717, 1.165) is 18.2 Å². The van der Waals surface area contributed by atoms with E-state index < -0.39 is 16.6 Å². The standard InChI is InChI=1S/C18H15NO5/c1-2-12-24-15-8-10-18(21,17(13-15)19(22)23)11-9-16(20)14-6-4-3-5-7-14/h3-11,13,17,21H,1H3/b11-9+. The third kappa shape index (κ3) is 3.97. The summed E-state index contributed by atoms with van der Waals surface area (Å²) in [5.41, 5.74) is -1.51. The Morgan fingerprint density at radius 3 is 2.75 bits per heavy atom. The number of carbonyl (C=O) groups is 1. The molecular weight excluding hydrogens is 310 g/mol.